The van der Waals surface area contributed by atoms with E-state index in [1.807, 2.05) is 0 Å². The van der Waals surface area contributed by atoms with Crippen LogP contribution in [0.25, 0.3) is 0 Å². The Hall–Kier alpha value is -2.16. The summed E-state index contributed by atoms with van der Waals surface area (Å²) in [7, 11) is -2.43. The van der Waals surface area contributed by atoms with Gasteiger partial charge in [-0.05, 0) is 39.7 Å². The molecule has 3 aromatic carbocycles. The molecule has 2 heteroatoms. The third-order valence-corrected chi connectivity index (χ3v) is 11.0. The predicted octanol–water partition coefficient (Wildman–Crippen LogP) is 6.15. The van der Waals surface area contributed by atoms with Crippen LogP contribution >= 0.6 is 0 Å². The van der Waals surface area contributed by atoms with Crippen molar-refractivity contribution in [1.29, 1.82) is 0 Å². The Morgan fingerprint density at radius 3 is 1.59 bits per heavy atom. The Labute approximate surface area is 177 Å². The van der Waals surface area contributed by atoms with Gasteiger partial charge in [-0.2, -0.15) is 0 Å². The van der Waals surface area contributed by atoms with Gasteiger partial charge in [-0.15, -0.1) is 0 Å². The van der Waals surface area contributed by atoms with E-state index >= 15 is 0 Å². The minimum Gasteiger partial charge on any atom is -0.407 e. The fraction of sp³-hybridized carbons (Fsp3) is 0.333. The smallest absolute Gasteiger partial charge is 0.261 e. The first-order chi connectivity index (χ1) is 14.0. The second-order valence-electron chi connectivity index (χ2n) is 8.82. The molecule has 0 aliphatic heterocycles. The van der Waals surface area contributed by atoms with Crippen LogP contribution in [-0.2, 0) is 4.43 Å². The third kappa shape index (κ3) is 4.71. The molecule has 0 fully saturated rings. The average molecular weight is 403 g/mol. The van der Waals surface area contributed by atoms with E-state index in [1.165, 1.54) is 15.9 Å². The molecule has 3 rings (SSSR count). The molecule has 3 aromatic rings. The van der Waals surface area contributed by atoms with E-state index in [9.17, 15) is 0 Å². The summed E-state index contributed by atoms with van der Waals surface area (Å²) in [6.07, 6.45) is 2.18. The fourth-order valence-corrected chi connectivity index (χ4v) is 9.03. The molecule has 29 heavy (non-hydrogen) atoms. The molecule has 0 radical (unpaired) electrons. The molecule has 0 aromatic heterocycles. The fourth-order valence-electron chi connectivity index (χ4n) is 4.45. The van der Waals surface area contributed by atoms with Crippen LogP contribution in [0, 0.1) is 0 Å². The lowest BCUT2D eigenvalue weighted by Crippen LogP contribution is -2.66. The van der Waals surface area contributed by atoms with E-state index in [1.54, 1.807) is 0 Å². The maximum atomic E-state index is 7.06. The summed E-state index contributed by atoms with van der Waals surface area (Å²) in [4.78, 5) is 0. The molecule has 0 heterocycles. The van der Waals surface area contributed by atoms with Crippen molar-refractivity contribution in [3.63, 3.8) is 0 Å². The molecule has 0 aliphatic carbocycles. The van der Waals surface area contributed by atoms with Gasteiger partial charge in [-0.3, -0.25) is 0 Å². The van der Waals surface area contributed by atoms with Crippen LogP contribution < -0.4 is 10.4 Å². The molecule has 152 valence electrons. The molecule has 1 atom stereocenters. The Morgan fingerprint density at radius 2 is 1.17 bits per heavy atom. The maximum Gasteiger partial charge on any atom is 0.261 e. The van der Waals surface area contributed by atoms with Crippen molar-refractivity contribution in [2.24, 2.45) is 0 Å². The van der Waals surface area contributed by atoms with Crippen LogP contribution in [0.3, 0.4) is 0 Å². The highest BCUT2D eigenvalue weighted by Crippen LogP contribution is 2.37. The quantitative estimate of drug-likeness (QED) is 0.411. The van der Waals surface area contributed by atoms with E-state index in [-0.39, 0.29) is 5.04 Å². The standard InChI is InChI=1S/C27H34OSi/c1-5-23(24-15-9-6-10-16-24)21-22-28-29(27(2,3)4,25-17-11-7-12-18-25)26-19-13-8-14-20-26/h6-20,23H,5,21-22H2,1-4H3/t23-/m0/s1. The zero-order chi connectivity index (χ0) is 20.7. The van der Waals surface area contributed by atoms with Crippen molar-refractivity contribution < 1.29 is 4.43 Å². The first kappa shape index (κ1) is 21.5. The first-order valence-corrected chi connectivity index (χ1v) is 12.7. The van der Waals surface area contributed by atoms with Gasteiger partial charge in [0.1, 0.15) is 0 Å². The van der Waals surface area contributed by atoms with E-state index in [2.05, 4.69) is 119 Å². The Bertz CT molecular complexity index is 814. The lowest BCUT2D eigenvalue weighted by molar-refractivity contribution is 0.278. The van der Waals surface area contributed by atoms with Crippen LogP contribution in [0.2, 0.25) is 5.04 Å². The molecule has 0 amide bonds. The molecule has 0 aliphatic rings. The van der Waals surface area contributed by atoms with Crippen molar-refractivity contribution in [3.05, 3.63) is 96.6 Å². The lowest BCUT2D eigenvalue weighted by atomic mass is 9.94. The van der Waals surface area contributed by atoms with Crippen molar-refractivity contribution in [3.8, 4) is 0 Å². The van der Waals surface area contributed by atoms with Crippen LogP contribution in [0.4, 0.5) is 0 Å². The summed E-state index contributed by atoms with van der Waals surface area (Å²) < 4.78 is 7.06. The maximum absolute atomic E-state index is 7.06. The normalized spacial score (nSPS) is 13.2. The van der Waals surface area contributed by atoms with Gasteiger partial charge in [0.25, 0.3) is 8.32 Å². The molecule has 0 saturated carbocycles. The molecular weight excluding hydrogens is 368 g/mol. The predicted molar refractivity (Wildman–Crippen MR) is 128 cm³/mol. The van der Waals surface area contributed by atoms with Crippen LogP contribution in [0.5, 0.6) is 0 Å². The summed E-state index contributed by atoms with van der Waals surface area (Å²) in [5, 5.41) is 2.74. The summed E-state index contributed by atoms with van der Waals surface area (Å²) in [5.41, 5.74) is 1.42. The van der Waals surface area contributed by atoms with Gasteiger partial charge in [0.15, 0.2) is 0 Å². The highest BCUT2D eigenvalue weighted by molar-refractivity contribution is 6.99. The van der Waals surface area contributed by atoms with E-state index in [4.69, 9.17) is 4.43 Å². The Kier molecular flexibility index (Phi) is 7.10. The Morgan fingerprint density at radius 1 is 0.724 bits per heavy atom. The first-order valence-electron chi connectivity index (χ1n) is 10.8. The van der Waals surface area contributed by atoms with Crippen molar-refractivity contribution >= 4 is 18.7 Å². The third-order valence-electron chi connectivity index (χ3n) is 5.97. The van der Waals surface area contributed by atoms with Crippen LogP contribution in [0.15, 0.2) is 91.0 Å². The van der Waals surface area contributed by atoms with Crippen molar-refractivity contribution in [2.75, 3.05) is 6.61 Å². The largest absolute Gasteiger partial charge is 0.407 e. The summed E-state index contributed by atoms with van der Waals surface area (Å²) in [6.45, 7) is 10.1. The highest BCUT2D eigenvalue weighted by atomic mass is 28.4. The SMILES string of the molecule is CC[C@@H](CCO[Si](c1ccccc1)(c1ccccc1)C(C)(C)C)c1ccccc1. The topological polar surface area (TPSA) is 9.23 Å². The Balaban J connectivity index is 1.94. The van der Waals surface area contributed by atoms with Crippen LogP contribution in [-0.4, -0.2) is 14.9 Å². The monoisotopic (exact) mass is 402 g/mol. The van der Waals surface area contributed by atoms with Gasteiger partial charge in [0.2, 0.25) is 0 Å². The molecule has 0 unspecified atom stereocenters. The zero-order valence-electron chi connectivity index (χ0n) is 18.3. The second kappa shape index (κ2) is 9.56. The number of hydrogen-bond donors (Lipinski definition) is 0. The molecule has 0 N–H and O–H groups in total. The minimum absolute atomic E-state index is 0.0319. The van der Waals surface area contributed by atoms with Gasteiger partial charge < -0.3 is 4.43 Å². The van der Waals surface area contributed by atoms with E-state index < -0.39 is 8.32 Å². The minimum atomic E-state index is -2.43. The van der Waals surface area contributed by atoms with Gasteiger partial charge in [-0.25, -0.2) is 0 Å². The van der Waals surface area contributed by atoms with Crippen LogP contribution in [0.1, 0.15) is 52.0 Å². The van der Waals surface area contributed by atoms with E-state index in [0.717, 1.165) is 19.4 Å². The number of hydrogen-bond acceptors (Lipinski definition) is 1. The average Bonchev–Trinajstić information content (AvgIpc) is 2.75. The summed E-state index contributed by atoms with van der Waals surface area (Å²) in [5.74, 6) is 0.536. The van der Waals surface area contributed by atoms with Gasteiger partial charge in [0.05, 0.1) is 0 Å². The number of benzene rings is 3. The molecule has 1 nitrogen and oxygen atoms in total. The summed E-state index contributed by atoms with van der Waals surface area (Å²) in [6, 6.07) is 32.7. The number of rotatable bonds is 8. The van der Waals surface area contributed by atoms with Gasteiger partial charge >= 0.3 is 0 Å². The molecule has 0 saturated heterocycles. The van der Waals surface area contributed by atoms with Gasteiger partial charge in [-0.1, -0.05) is 119 Å². The van der Waals surface area contributed by atoms with Crippen molar-refractivity contribution in [1.82, 2.24) is 0 Å². The molecule has 0 bridgehead atoms. The van der Waals surface area contributed by atoms with Gasteiger partial charge in [0, 0.05) is 6.61 Å². The second-order valence-corrected chi connectivity index (χ2v) is 13.1. The summed E-state index contributed by atoms with van der Waals surface area (Å²) >= 11 is 0. The van der Waals surface area contributed by atoms with Crippen molar-refractivity contribution in [2.45, 2.75) is 51.5 Å². The lowest BCUT2D eigenvalue weighted by Gasteiger charge is -2.43. The van der Waals surface area contributed by atoms with E-state index in [0.29, 0.717) is 5.92 Å². The zero-order valence-corrected chi connectivity index (χ0v) is 19.3. The highest BCUT2D eigenvalue weighted by Gasteiger charge is 2.50. The molecular formula is C27H34OSi. The molecule has 0 spiro atoms.